The highest BCUT2D eigenvalue weighted by Gasteiger charge is 2.47. The van der Waals surface area contributed by atoms with Gasteiger partial charge in [0.05, 0.1) is 18.5 Å². The van der Waals surface area contributed by atoms with Gasteiger partial charge in [-0.3, -0.25) is 0 Å². The van der Waals surface area contributed by atoms with Crippen molar-refractivity contribution in [3.8, 4) is 11.3 Å². The summed E-state index contributed by atoms with van der Waals surface area (Å²) in [5.74, 6) is 0.425. The standard InChI is InChI=1S/C29H23N2/c1-17-8-3-4-11-20(17)29-27-25-21-12-5-6-13-22(21)26(28(27)30-16-31(29)2)24-15-19-10-7-9-18(19)14-23(24)25/h3-6,8-16,25-26H,7H2,1-2H3/q+1. The maximum Gasteiger partial charge on any atom is 0.286 e. The molecular weight excluding hydrogens is 376 g/mol. The van der Waals surface area contributed by atoms with Crippen LogP contribution in [0.3, 0.4) is 0 Å². The average Bonchev–Trinajstić information content (AvgIpc) is 3.25. The number of hydrogen-bond donors (Lipinski definition) is 0. The van der Waals surface area contributed by atoms with Crippen molar-refractivity contribution in [3.63, 3.8) is 0 Å². The molecule has 2 heteroatoms. The van der Waals surface area contributed by atoms with Gasteiger partial charge in [-0.1, -0.05) is 77.8 Å². The van der Waals surface area contributed by atoms with Crippen LogP contribution in [0.25, 0.3) is 23.4 Å². The molecular formula is C29H23N2+. The number of aryl methyl sites for hydroxylation is 2. The number of benzene rings is 3. The third-order valence-electron chi connectivity index (χ3n) is 7.42. The van der Waals surface area contributed by atoms with Crippen molar-refractivity contribution < 1.29 is 4.57 Å². The third-order valence-corrected chi connectivity index (χ3v) is 7.42. The average molecular weight is 400 g/mol. The second kappa shape index (κ2) is 6.01. The van der Waals surface area contributed by atoms with Gasteiger partial charge in [0.25, 0.3) is 6.33 Å². The van der Waals surface area contributed by atoms with Gasteiger partial charge in [0.1, 0.15) is 5.69 Å². The van der Waals surface area contributed by atoms with Gasteiger partial charge in [-0.05, 0) is 51.6 Å². The van der Waals surface area contributed by atoms with Gasteiger partial charge in [-0.2, -0.15) is 0 Å². The highest BCUT2D eigenvalue weighted by Crippen LogP contribution is 2.56. The van der Waals surface area contributed by atoms with Crippen molar-refractivity contribution in [2.75, 3.05) is 0 Å². The monoisotopic (exact) mass is 399 g/mol. The molecule has 0 spiro atoms. The summed E-state index contributed by atoms with van der Waals surface area (Å²) in [5.41, 5.74) is 12.3. The van der Waals surface area contributed by atoms with E-state index >= 15 is 0 Å². The van der Waals surface area contributed by atoms with E-state index in [1.54, 1.807) is 0 Å². The minimum absolute atomic E-state index is 0.203. The first-order chi connectivity index (χ1) is 15.2. The summed E-state index contributed by atoms with van der Waals surface area (Å²) in [7, 11) is 2.13. The fourth-order valence-electron chi connectivity index (χ4n) is 6.09. The fourth-order valence-corrected chi connectivity index (χ4v) is 6.09. The summed E-state index contributed by atoms with van der Waals surface area (Å²) >= 11 is 0. The molecule has 1 heterocycles. The SMILES string of the molecule is Cc1ccccc1-c1c2c(nc[n+]1C)C1c3ccccc3C2c2cc3c(cc21)=CCC=3. The van der Waals surface area contributed by atoms with Gasteiger partial charge in [0.15, 0.2) is 5.69 Å². The van der Waals surface area contributed by atoms with Crippen LogP contribution in [0.5, 0.6) is 0 Å². The Morgan fingerprint density at radius 3 is 2.19 bits per heavy atom. The molecule has 3 aromatic carbocycles. The van der Waals surface area contributed by atoms with E-state index in [-0.39, 0.29) is 11.8 Å². The fraction of sp³-hybridized carbons (Fsp3) is 0.172. The Balaban J connectivity index is 1.63. The highest BCUT2D eigenvalue weighted by molar-refractivity contribution is 5.75. The lowest BCUT2D eigenvalue weighted by atomic mass is 9.62. The Kier molecular flexibility index (Phi) is 3.33. The summed E-state index contributed by atoms with van der Waals surface area (Å²) in [5, 5.41) is 2.77. The normalized spacial score (nSPS) is 19.0. The van der Waals surface area contributed by atoms with E-state index in [0.29, 0.717) is 0 Å². The number of nitrogens with zero attached hydrogens (tertiary/aromatic N) is 2. The Bertz CT molecular complexity index is 1540. The molecule has 31 heavy (non-hydrogen) atoms. The van der Waals surface area contributed by atoms with Gasteiger partial charge in [0.2, 0.25) is 0 Å². The molecule has 0 amide bonds. The number of aromatic nitrogens is 2. The predicted molar refractivity (Wildman–Crippen MR) is 123 cm³/mol. The van der Waals surface area contributed by atoms with E-state index < -0.39 is 0 Å². The van der Waals surface area contributed by atoms with E-state index in [1.165, 1.54) is 60.8 Å². The second-order valence-corrected chi connectivity index (χ2v) is 9.07. The Morgan fingerprint density at radius 2 is 1.45 bits per heavy atom. The molecule has 2 bridgehead atoms. The molecule has 0 saturated carbocycles. The first-order valence-electron chi connectivity index (χ1n) is 11.1. The van der Waals surface area contributed by atoms with Gasteiger partial charge in [-0.25, -0.2) is 4.57 Å². The van der Waals surface area contributed by atoms with Crippen LogP contribution in [0, 0.1) is 6.92 Å². The zero-order chi connectivity index (χ0) is 20.7. The molecule has 4 aromatic rings. The van der Waals surface area contributed by atoms with Crippen LogP contribution in [-0.2, 0) is 7.05 Å². The lowest BCUT2D eigenvalue weighted by Gasteiger charge is -2.40. The quantitative estimate of drug-likeness (QED) is 0.384. The van der Waals surface area contributed by atoms with Crippen LogP contribution in [0.15, 0.2) is 67.0 Å². The van der Waals surface area contributed by atoms with E-state index in [2.05, 4.69) is 91.4 Å². The van der Waals surface area contributed by atoms with Gasteiger partial charge < -0.3 is 0 Å². The highest BCUT2D eigenvalue weighted by atomic mass is 15.0. The summed E-state index contributed by atoms with van der Waals surface area (Å²) < 4.78 is 2.22. The molecule has 148 valence electrons. The van der Waals surface area contributed by atoms with E-state index in [0.717, 1.165) is 6.42 Å². The Labute approximate surface area is 181 Å². The van der Waals surface area contributed by atoms with Crippen molar-refractivity contribution >= 4 is 12.2 Å². The van der Waals surface area contributed by atoms with Crippen LogP contribution >= 0.6 is 0 Å². The summed E-state index contributed by atoms with van der Waals surface area (Å²) in [6.07, 6.45) is 7.75. The molecule has 0 N–H and O–H groups in total. The minimum Gasteiger partial charge on any atom is -0.232 e. The van der Waals surface area contributed by atoms with Crippen molar-refractivity contribution in [1.29, 1.82) is 0 Å². The van der Waals surface area contributed by atoms with Gasteiger partial charge in [-0.15, -0.1) is 0 Å². The first-order valence-corrected chi connectivity index (χ1v) is 11.1. The minimum atomic E-state index is 0.203. The Morgan fingerprint density at radius 1 is 0.806 bits per heavy atom. The molecule has 0 aliphatic heterocycles. The molecule has 4 aliphatic rings. The molecule has 2 atom stereocenters. The van der Waals surface area contributed by atoms with E-state index in [9.17, 15) is 0 Å². The number of hydrogen-bond acceptors (Lipinski definition) is 1. The maximum atomic E-state index is 5.05. The maximum absolute atomic E-state index is 5.05. The molecule has 1 aromatic heterocycles. The molecule has 2 unspecified atom stereocenters. The van der Waals surface area contributed by atoms with Crippen LogP contribution < -0.4 is 15.0 Å². The summed E-state index contributed by atoms with van der Waals surface area (Å²) in [6.45, 7) is 2.21. The van der Waals surface area contributed by atoms with Crippen LogP contribution in [0.2, 0.25) is 0 Å². The van der Waals surface area contributed by atoms with Crippen molar-refractivity contribution in [1.82, 2.24) is 4.98 Å². The van der Waals surface area contributed by atoms with Gasteiger partial charge >= 0.3 is 0 Å². The summed E-state index contributed by atoms with van der Waals surface area (Å²) in [4.78, 5) is 5.05. The lowest BCUT2D eigenvalue weighted by molar-refractivity contribution is -0.664. The van der Waals surface area contributed by atoms with Crippen LogP contribution in [0.1, 0.15) is 57.3 Å². The molecule has 0 fully saturated rings. The van der Waals surface area contributed by atoms with Crippen molar-refractivity contribution in [2.24, 2.45) is 7.05 Å². The Hall–Kier alpha value is -3.52. The topological polar surface area (TPSA) is 16.8 Å². The molecule has 4 aliphatic carbocycles. The van der Waals surface area contributed by atoms with Crippen LogP contribution in [0.4, 0.5) is 0 Å². The lowest BCUT2D eigenvalue weighted by Crippen LogP contribution is -2.40. The smallest absolute Gasteiger partial charge is 0.232 e. The largest absolute Gasteiger partial charge is 0.286 e. The molecule has 2 nitrogen and oxygen atoms in total. The molecule has 0 radical (unpaired) electrons. The van der Waals surface area contributed by atoms with Crippen LogP contribution in [-0.4, -0.2) is 4.98 Å². The first kappa shape index (κ1) is 17.2. The van der Waals surface area contributed by atoms with Crippen molar-refractivity contribution in [3.05, 3.63) is 117 Å². The summed E-state index contributed by atoms with van der Waals surface area (Å²) in [6, 6.07) is 22.6. The number of rotatable bonds is 1. The molecule has 8 rings (SSSR count). The van der Waals surface area contributed by atoms with Gasteiger partial charge in [0, 0.05) is 11.5 Å². The van der Waals surface area contributed by atoms with Crippen molar-refractivity contribution in [2.45, 2.75) is 25.2 Å². The molecule has 0 saturated heterocycles. The zero-order valence-corrected chi connectivity index (χ0v) is 17.8. The second-order valence-electron chi connectivity index (χ2n) is 9.07. The zero-order valence-electron chi connectivity index (χ0n) is 17.8. The number of fused-ring (bicyclic) bond motifs is 1. The van der Waals surface area contributed by atoms with E-state index in [4.69, 9.17) is 4.98 Å². The third kappa shape index (κ3) is 2.17. The predicted octanol–water partition coefficient (Wildman–Crippen LogP) is 3.83. The van der Waals surface area contributed by atoms with E-state index in [1.807, 2.05) is 6.33 Å².